The molecule has 3 aromatic rings. The SMILES string of the molecule is CCCC[C@H](N)C(=O)N1C[C@@H](C)C[C@H]1C(=O)N[C@@H](CCC(N)=O)[C@@H](C)OCc1ccc(CCCNC(=O)COCCOCCOCCCc2ccc3c(c2)n(C)c(=O)n3C2CCC(=O)NC2=O)cc1. The molecular formula is C50H74N8O11. The number of imide groups is 1. The average Bonchev–Trinajstić information content (AvgIpc) is 3.84. The molecule has 0 radical (unpaired) electrons. The average molecular weight is 963 g/mol. The second-order valence-electron chi connectivity index (χ2n) is 18.4. The number of ether oxygens (including phenoxy) is 4. The number of carbonyl (C=O) groups excluding carboxylic acids is 6. The van der Waals surface area contributed by atoms with Crippen LogP contribution in [0.15, 0.2) is 47.3 Å². The first-order chi connectivity index (χ1) is 33.2. The van der Waals surface area contributed by atoms with Gasteiger partial charge in [0.05, 0.1) is 62.3 Å². The molecule has 3 heterocycles. The van der Waals surface area contributed by atoms with Crippen LogP contribution in [-0.4, -0.2) is 126 Å². The zero-order chi connectivity index (χ0) is 49.9. The van der Waals surface area contributed by atoms with Crippen LogP contribution >= 0.6 is 0 Å². The van der Waals surface area contributed by atoms with E-state index in [2.05, 4.69) is 16.0 Å². The first-order valence-electron chi connectivity index (χ1n) is 24.5. The van der Waals surface area contributed by atoms with E-state index in [1.54, 1.807) is 11.9 Å². The maximum atomic E-state index is 13.6. The fourth-order valence-corrected chi connectivity index (χ4v) is 8.79. The predicted molar refractivity (Wildman–Crippen MR) is 259 cm³/mol. The topological polar surface area (TPSA) is 258 Å². The van der Waals surface area contributed by atoms with Gasteiger partial charge >= 0.3 is 5.69 Å². The zero-order valence-electron chi connectivity index (χ0n) is 40.8. The van der Waals surface area contributed by atoms with Crippen molar-refractivity contribution in [2.24, 2.45) is 24.4 Å². The van der Waals surface area contributed by atoms with E-state index in [0.29, 0.717) is 70.7 Å². The van der Waals surface area contributed by atoms with Gasteiger partial charge in [0.2, 0.25) is 35.4 Å². The van der Waals surface area contributed by atoms with E-state index < -0.39 is 42.1 Å². The normalized spacial score (nSPS) is 18.5. The monoisotopic (exact) mass is 963 g/mol. The maximum absolute atomic E-state index is 13.6. The van der Waals surface area contributed by atoms with Gasteiger partial charge in [0.15, 0.2) is 0 Å². The number of benzene rings is 2. The summed E-state index contributed by atoms with van der Waals surface area (Å²) >= 11 is 0. The number of unbranched alkanes of at least 4 members (excludes halogenated alkanes) is 1. The maximum Gasteiger partial charge on any atom is 0.329 e. The Morgan fingerprint density at radius 1 is 0.870 bits per heavy atom. The van der Waals surface area contributed by atoms with Crippen LogP contribution in [0.2, 0.25) is 0 Å². The fraction of sp³-hybridized carbons (Fsp3) is 0.620. The van der Waals surface area contributed by atoms with Crippen LogP contribution in [-0.2, 0) is 74.2 Å². The van der Waals surface area contributed by atoms with E-state index >= 15 is 0 Å². The number of amides is 6. The Balaban J connectivity index is 0.896. The number of nitrogens with one attached hydrogen (secondary N) is 3. The summed E-state index contributed by atoms with van der Waals surface area (Å²) in [7, 11) is 1.68. The van der Waals surface area contributed by atoms with Crippen molar-refractivity contribution in [3.63, 3.8) is 0 Å². The van der Waals surface area contributed by atoms with E-state index in [4.69, 9.17) is 30.4 Å². The number of hydrogen-bond acceptors (Lipinski definition) is 12. The highest BCUT2D eigenvalue weighted by Crippen LogP contribution is 2.26. The standard InChI is InChI=1S/C50H74N8O11/c1-5-6-11-38(51)49(64)57-30-33(2)28-43(57)48(63)54-39(17-20-44(52)59)34(3)69-31-37-14-12-35(13-15-37)9-7-22-53-46(61)32-68-27-26-67-25-24-66-23-8-10-36-16-18-40-42(29-36)56(4)50(65)58(40)41-19-21-45(60)55-47(41)62/h12-16,18,29,33-34,38-39,41,43H,5-11,17,19-28,30-32,51H2,1-4H3,(H2,52,59)(H,53,61)(H,54,63)(H,55,60,62)/t33-,34+,38-,39-,41?,43-/m0/s1. The second-order valence-corrected chi connectivity index (χ2v) is 18.4. The quantitative estimate of drug-likeness (QED) is 0.0477. The molecule has 69 heavy (non-hydrogen) atoms. The number of likely N-dealkylation sites (tertiary alicyclic amines) is 1. The molecule has 6 amide bonds. The molecule has 2 aromatic carbocycles. The highest BCUT2D eigenvalue weighted by Gasteiger charge is 2.40. The van der Waals surface area contributed by atoms with Gasteiger partial charge in [-0.3, -0.25) is 43.2 Å². The summed E-state index contributed by atoms with van der Waals surface area (Å²) in [6.45, 7) is 9.05. The third-order valence-electron chi connectivity index (χ3n) is 12.8. The largest absolute Gasteiger partial charge is 0.379 e. The predicted octanol–water partition coefficient (Wildman–Crippen LogP) is 2.46. The third-order valence-corrected chi connectivity index (χ3v) is 12.8. The molecule has 1 aromatic heterocycles. The number of nitrogens with zero attached hydrogens (tertiary/aromatic N) is 3. The Hall–Kier alpha value is -5.47. The summed E-state index contributed by atoms with van der Waals surface area (Å²) in [5, 5.41) is 8.27. The van der Waals surface area contributed by atoms with Gasteiger partial charge in [0.1, 0.15) is 18.7 Å². The molecule has 2 aliphatic rings. The highest BCUT2D eigenvalue weighted by molar-refractivity contribution is 6.00. The molecule has 19 nitrogen and oxygen atoms in total. The molecular weight excluding hydrogens is 889 g/mol. The molecule has 0 bridgehead atoms. The summed E-state index contributed by atoms with van der Waals surface area (Å²) in [6, 6.07) is 11.3. The van der Waals surface area contributed by atoms with E-state index in [0.717, 1.165) is 60.7 Å². The molecule has 380 valence electrons. The lowest BCUT2D eigenvalue weighted by Crippen LogP contribution is -2.54. The van der Waals surface area contributed by atoms with Gasteiger partial charge in [-0.25, -0.2) is 4.79 Å². The number of nitrogens with two attached hydrogens (primary N) is 2. The number of piperidine rings is 1. The summed E-state index contributed by atoms with van der Waals surface area (Å²) in [5.41, 5.74) is 15.9. The smallest absolute Gasteiger partial charge is 0.329 e. The number of aromatic nitrogens is 2. The van der Waals surface area contributed by atoms with E-state index in [1.807, 2.05) is 63.2 Å². The minimum atomic E-state index is -0.715. The van der Waals surface area contributed by atoms with Crippen LogP contribution < -0.4 is 33.1 Å². The van der Waals surface area contributed by atoms with Crippen LogP contribution in [0, 0.1) is 5.92 Å². The van der Waals surface area contributed by atoms with Gasteiger partial charge in [0.25, 0.3) is 0 Å². The number of rotatable bonds is 30. The molecule has 19 heteroatoms. The van der Waals surface area contributed by atoms with Crippen LogP contribution in [0.4, 0.5) is 0 Å². The number of imidazole rings is 1. The minimum absolute atomic E-state index is 0.0621. The Bertz CT molecular complexity index is 2240. The minimum Gasteiger partial charge on any atom is -0.379 e. The van der Waals surface area contributed by atoms with Crippen molar-refractivity contribution in [2.75, 3.05) is 52.7 Å². The Kier molecular flexibility index (Phi) is 21.8. The van der Waals surface area contributed by atoms with Crippen molar-refractivity contribution in [3.8, 4) is 0 Å². The van der Waals surface area contributed by atoms with Crippen molar-refractivity contribution < 1.29 is 47.7 Å². The summed E-state index contributed by atoms with van der Waals surface area (Å²) < 4.78 is 25.9. The van der Waals surface area contributed by atoms with Crippen LogP contribution in [0.5, 0.6) is 0 Å². The lowest BCUT2D eigenvalue weighted by molar-refractivity contribution is -0.140. The first-order valence-corrected chi connectivity index (χ1v) is 24.5. The van der Waals surface area contributed by atoms with Crippen LogP contribution in [0.3, 0.4) is 0 Å². The molecule has 6 atom stereocenters. The molecule has 1 unspecified atom stereocenters. The number of hydrogen-bond donors (Lipinski definition) is 5. The third kappa shape index (κ3) is 16.6. The molecule has 0 spiro atoms. The number of fused-ring (bicyclic) bond motifs is 1. The molecule has 2 aliphatic heterocycles. The number of carbonyl (C=O) groups is 6. The number of primary amides is 1. The summed E-state index contributed by atoms with van der Waals surface area (Å²) in [6.07, 6.45) is 6.30. The van der Waals surface area contributed by atoms with E-state index in [9.17, 15) is 33.6 Å². The Morgan fingerprint density at radius 2 is 1.55 bits per heavy atom. The van der Waals surface area contributed by atoms with E-state index in [-0.39, 0.29) is 67.9 Å². The second kappa shape index (κ2) is 27.7. The van der Waals surface area contributed by atoms with Gasteiger partial charge in [-0.1, -0.05) is 57.0 Å². The molecule has 0 saturated carbocycles. The van der Waals surface area contributed by atoms with E-state index in [1.165, 1.54) is 9.13 Å². The lowest BCUT2D eigenvalue weighted by atomic mass is 10.0. The molecule has 7 N–H and O–H groups in total. The summed E-state index contributed by atoms with van der Waals surface area (Å²) in [5.74, 6) is -1.79. The van der Waals surface area contributed by atoms with Crippen molar-refractivity contribution >= 4 is 46.5 Å². The first kappa shape index (κ1) is 54.5. The number of aryl methyl sites for hydroxylation is 3. The van der Waals surface area contributed by atoms with Gasteiger partial charge in [-0.15, -0.1) is 0 Å². The summed E-state index contributed by atoms with van der Waals surface area (Å²) in [4.78, 5) is 89.5. The van der Waals surface area contributed by atoms with Gasteiger partial charge in [-0.2, -0.15) is 0 Å². The fourth-order valence-electron chi connectivity index (χ4n) is 8.79. The van der Waals surface area contributed by atoms with Crippen LogP contribution in [0.25, 0.3) is 11.0 Å². The van der Waals surface area contributed by atoms with Crippen molar-refractivity contribution in [3.05, 3.63) is 69.6 Å². The Labute approximate surface area is 404 Å². The van der Waals surface area contributed by atoms with Crippen molar-refractivity contribution in [1.29, 1.82) is 0 Å². The Morgan fingerprint density at radius 3 is 2.26 bits per heavy atom. The molecule has 0 aliphatic carbocycles. The lowest BCUT2D eigenvalue weighted by Gasteiger charge is -2.30. The zero-order valence-corrected chi connectivity index (χ0v) is 40.8. The molecule has 2 fully saturated rings. The van der Waals surface area contributed by atoms with Gasteiger partial charge in [0, 0.05) is 39.6 Å². The highest BCUT2D eigenvalue weighted by atomic mass is 16.5. The van der Waals surface area contributed by atoms with Gasteiger partial charge in [-0.05, 0) is 93.0 Å². The molecule has 5 rings (SSSR count). The van der Waals surface area contributed by atoms with Crippen molar-refractivity contribution in [2.45, 2.75) is 135 Å². The molecule has 2 saturated heterocycles. The van der Waals surface area contributed by atoms with Crippen molar-refractivity contribution in [1.82, 2.24) is 30.0 Å². The van der Waals surface area contributed by atoms with Crippen LogP contribution in [0.1, 0.15) is 108 Å². The van der Waals surface area contributed by atoms with Gasteiger partial charge < -0.3 is 45.9 Å².